The van der Waals surface area contributed by atoms with E-state index in [1.807, 2.05) is 56.3 Å². The summed E-state index contributed by atoms with van der Waals surface area (Å²) in [5, 5.41) is 0.480. The Kier molecular flexibility index (Phi) is 5.97. The number of carbonyl (C=O) groups is 1. The lowest BCUT2D eigenvalue weighted by atomic mass is 9.97. The number of hydrogen-bond acceptors (Lipinski definition) is 5. The molecule has 0 radical (unpaired) electrons. The lowest BCUT2D eigenvalue weighted by molar-refractivity contribution is 0.0701. The average molecular weight is 472 g/mol. The van der Waals surface area contributed by atoms with Crippen LogP contribution in [0.2, 0.25) is 0 Å². The number of furan rings is 1. The molecule has 4 aromatic rings. The van der Waals surface area contributed by atoms with Gasteiger partial charge in [-0.15, -0.1) is 0 Å². The molecule has 0 spiro atoms. The van der Waals surface area contributed by atoms with Crippen molar-refractivity contribution in [3.8, 4) is 5.75 Å². The molecule has 1 atom stereocenters. The predicted molar refractivity (Wildman–Crippen MR) is 134 cm³/mol. The molecule has 1 amide bonds. The summed E-state index contributed by atoms with van der Waals surface area (Å²) in [4.78, 5) is 29.0. The number of benzene rings is 2. The lowest BCUT2D eigenvalue weighted by Gasteiger charge is -2.24. The molecule has 2 aromatic heterocycles. The van der Waals surface area contributed by atoms with Crippen LogP contribution in [0.5, 0.6) is 5.75 Å². The largest absolute Gasteiger partial charge is 0.494 e. The topological polar surface area (TPSA) is 72.9 Å². The fourth-order valence-electron chi connectivity index (χ4n) is 4.54. The van der Waals surface area contributed by atoms with Crippen LogP contribution in [0.15, 0.2) is 68.4 Å². The predicted octanol–water partition coefficient (Wildman–Crippen LogP) is 6.17. The molecule has 180 valence electrons. The normalized spacial score (nSPS) is 15.3. The van der Waals surface area contributed by atoms with E-state index >= 15 is 0 Å². The summed E-state index contributed by atoms with van der Waals surface area (Å²) in [6.07, 6.45) is 2.51. The first kappa shape index (κ1) is 23.0. The van der Waals surface area contributed by atoms with Crippen LogP contribution in [0.25, 0.3) is 11.0 Å². The van der Waals surface area contributed by atoms with Crippen LogP contribution in [0.4, 0.5) is 0 Å². The third-order valence-corrected chi connectivity index (χ3v) is 6.63. The van der Waals surface area contributed by atoms with Gasteiger partial charge < -0.3 is 18.5 Å². The lowest BCUT2D eigenvalue weighted by Crippen LogP contribution is -2.29. The Hall–Kier alpha value is -3.80. The maximum atomic E-state index is 13.8. The third-order valence-electron chi connectivity index (χ3n) is 6.63. The Labute approximate surface area is 204 Å². The van der Waals surface area contributed by atoms with Gasteiger partial charge in [0.25, 0.3) is 5.91 Å². The Morgan fingerprint density at radius 2 is 1.83 bits per heavy atom. The molecule has 1 aliphatic rings. The molecular formula is C29H29NO5. The molecule has 6 heteroatoms. The zero-order valence-electron chi connectivity index (χ0n) is 20.5. The Balaban J connectivity index is 1.64. The highest BCUT2D eigenvalue weighted by Crippen LogP contribution is 2.40. The van der Waals surface area contributed by atoms with E-state index in [9.17, 15) is 9.59 Å². The van der Waals surface area contributed by atoms with Gasteiger partial charge >= 0.3 is 0 Å². The minimum atomic E-state index is -0.612. The van der Waals surface area contributed by atoms with Crippen LogP contribution in [0.3, 0.4) is 0 Å². The van der Waals surface area contributed by atoms with Gasteiger partial charge in [-0.2, -0.15) is 0 Å². The number of fused-ring (bicyclic) bond motifs is 2. The molecular weight excluding hydrogens is 442 g/mol. The smallest absolute Gasteiger partial charge is 0.291 e. The summed E-state index contributed by atoms with van der Waals surface area (Å²) in [5.41, 5.74) is 3.39. The maximum absolute atomic E-state index is 13.8. The Morgan fingerprint density at radius 1 is 1.03 bits per heavy atom. The quantitative estimate of drug-likeness (QED) is 0.322. The Bertz CT molecular complexity index is 1450. The first-order valence-electron chi connectivity index (χ1n) is 12.0. The summed E-state index contributed by atoms with van der Waals surface area (Å²) >= 11 is 0. The summed E-state index contributed by atoms with van der Waals surface area (Å²) in [6, 6.07) is 14.3. The van der Waals surface area contributed by atoms with Gasteiger partial charge in [0.15, 0.2) is 5.43 Å². The van der Waals surface area contributed by atoms with Crippen LogP contribution in [-0.4, -0.2) is 17.4 Å². The van der Waals surface area contributed by atoms with Crippen molar-refractivity contribution >= 4 is 16.9 Å². The van der Waals surface area contributed by atoms with Crippen molar-refractivity contribution in [2.45, 2.75) is 46.7 Å². The molecule has 0 aliphatic carbocycles. The minimum absolute atomic E-state index is 0.0911. The second kappa shape index (κ2) is 9.10. The third kappa shape index (κ3) is 4.25. The van der Waals surface area contributed by atoms with E-state index in [1.165, 1.54) is 0 Å². The molecule has 3 heterocycles. The number of carbonyl (C=O) groups excluding carboxylic acids is 1. The number of amides is 1. The van der Waals surface area contributed by atoms with Gasteiger partial charge in [-0.3, -0.25) is 9.59 Å². The van der Waals surface area contributed by atoms with Gasteiger partial charge in [-0.25, -0.2) is 0 Å². The van der Waals surface area contributed by atoms with Crippen molar-refractivity contribution in [2.75, 3.05) is 6.61 Å². The van der Waals surface area contributed by atoms with E-state index in [-0.39, 0.29) is 23.6 Å². The van der Waals surface area contributed by atoms with Crippen LogP contribution < -0.4 is 10.2 Å². The van der Waals surface area contributed by atoms with Crippen molar-refractivity contribution in [3.63, 3.8) is 0 Å². The summed E-state index contributed by atoms with van der Waals surface area (Å²) in [5.74, 6) is 1.63. The molecule has 6 nitrogen and oxygen atoms in total. The average Bonchev–Trinajstić information content (AvgIpc) is 3.43. The zero-order valence-corrected chi connectivity index (χ0v) is 20.5. The molecule has 0 saturated carbocycles. The van der Waals surface area contributed by atoms with Gasteiger partial charge in [0.1, 0.15) is 17.1 Å². The van der Waals surface area contributed by atoms with Crippen molar-refractivity contribution in [2.24, 2.45) is 5.92 Å². The Morgan fingerprint density at radius 3 is 2.57 bits per heavy atom. The highest BCUT2D eigenvalue weighted by molar-refractivity contribution is 5.99. The first-order valence-corrected chi connectivity index (χ1v) is 12.0. The van der Waals surface area contributed by atoms with Gasteiger partial charge in [0.05, 0.1) is 36.4 Å². The van der Waals surface area contributed by atoms with E-state index in [2.05, 4.69) is 13.8 Å². The van der Waals surface area contributed by atoms with Crippen LogP contribution in [0, 0.1) is 19.8 Å². The molecule has 35 heavy (non-hydrogen) atoms. The molecule has 0 saturated heterocycles. The van der Waals surface area contributed by atoms with Crippen molar-refractivity contribution < 1.29 is 18.4 Å². The van der Waals surface area contributed by atoms with E-state index in [0.717, 1.165) is 23.1 Å². The van der Waals surface area contributed by atoms with Gasteiger partial charge in [-0.05, 0) is 79.3 Å². The van der Waals surface area contributed by atoms with Crippen LogP contribution >= 0.6 is 0 Å². The van der Waals surface area contributed by atoms with Crippen molar-refractivity contribution in [3.05, 3.63) is 98.8 Å². The van der Waals surface area contributed by atoms with Gasteiger partial charge in [0.2, 0.25) is 5.76 Å². The SMILES string of the molecule is Cc1cc2oc3c(c(=O)c2cc1C)C(c1cccc(OCCC(C)C)c1)N(Cc1ccco1)C3=O. The molecule has 0 fully saturated rings. The maximum Gasteiger partial charge on any atom is 0.291 e. The molecule has 1 unspecified atom stereocenters. The summed E-state index contributed by atoms with van der Waals surface area (Å²) in [7, 11) is 0. The minimum Gasteiger partial charge on any atom is -0.494 e. The monoisotopic (exact) mass is 471 g/mol. The highest BCUT2D eigenvalue weighted by atomic mass is 16.5. The molecule has 1 aliphatic heterocycles. The summed E-state index contributed by atoms with van der Waals surface area (Å²) < 4.78 is 17.6. The van der Waals surface area contributed by atoms with Crippen molar-refractivity contribution in [1.82, 2.24) is 4.90 Å². The van der Waals surface area contributed by atoms with Crippen LogP contribution in [-0.2, 0) is 6.54 Å². The summed E-state index contributed by atoms with van der Waals surface area (Å²) in [6.45, 7) is 9.04. The number of ether oxygens (including phenoxy) is 1. The fourth-order valence-corrected chi connectivity index (χ4v) is 4.54. The van der Waals surface area contributed by atoms with Crippen molar-refractivity contribution in [1.29, 1.82) is 0 Å². The second-order valence-corrected chi connectivity index (χ2v) is 9.63. The van der Waals surface area contributed by atoms with E-state index in [1.54, 1.807) is 17.2 Å². The number of rotatable bonds is 7. The highest BCUT2D eigenvalue weighted by Gasteiger charge is 2.43. The number of aryl methyl sites for hydroxylation is 2. The number of nitrogens with zero attached hydrogens (tertiary/aromatic N) is 1. The first-order chi connectivity index (χ1) is 16.8. The fraction of sp³-hybridized carbons (Fsp3) is 0.310. The standard InChI is InChI=1S/C29H29NO5/c1-17(2)10-12-34-21-8-5-7-20(15-21)26-25-27(31)23-13-18(3)19(4)14-24(23)35-28(25)29(32)30(26)16-22-9-6-11-33-22/h5-9,11,13-15,17,26H,10,12,16H2,1-4H3. The van der Waals surface area contributed by atoms with Gasteiger partial charge in [-0.1, -0.05) is 26.0 Å². The van der Waals surface area contributed by atoms with E-state index in [0.29, 0.717) is 40.6 Å². The van der Waals surface area contributed by atoms with Gasteiger partial charge in [0, 0.05) is 0 Å². The zero-order chi connectivity index (χ0) is 24.7. The van der Waals surface area contributed by atoms with E-state index in [4.69, 9.17) is 13.6 Å². The molecule has 2 aromatic carbocycles. The molecule has 5 rings (SSSR count). The van der Waals surface area contributed by atoms with Crippen LogP contribution in [0.1, 0.15) is 64.9 Å². The second-order valence-electron chi connectivity index (χ2n) is 9.63. The molecule has 0 N–H and O–H groups in total. The van der Waals surface area contributed by atoms with E-state index < -0.39 is 6.04 Å². The molecule has 0 bridgehead atoms. The number of hydrogen-bond donors (Lipinski definition) is 0.